The van der Waals surface area contributed by atoms with Gasteiger partial charge in [0.05, 0.1) is 5.25 Å². The zero-order valence-corrected chi connectivity index (χ0v) is 17.6. The molecule has 0 aliphatic carbocycles. The van der Waals surface area contributed by atoms with Crippen molar-refractivity contribution < 1.29 is 9.59 Å². The predicted molar refractivity (Wildman–Crippen MR) is 114 cm³/mol. The third-order valence-electron chi connectivity index (χ3n) is 3.99. The van der Waals surface area contributed by atoms with Crippen molar-refractivity contribution in [3.63, 3.8) is 0 Å². The fraction of sp³-hybridized carbons (Fsp3) is 0.158. The summed E-state index contributed by atoms with van der Waals surface area (Å²) in [6.45, 7) is 3.26. The number of thioether (sulfide) groups is 1. The van der Waals surface area contributed by atoms with Gasteiger partial charge >= 0.3 is 0 Å². The number of hydrogen-bond donors (Lipinski definition) is 2. The number of aromatic nitrogens is 3. The Kier molecular flexibility index (Phi) is 6.15. The van der Waals surface area contributed by atoms with Crippen molar-refractivity contribution in [2.45, 2.75) is 24.3 Å². The normalized spacial score (nSPS) is 11.8. The Morgan fingerprint density at radius 3 is 2.46 bits per heavy atom. The number of nitrogens with one attached hydrogen (secondary N) is 1. The van der Waals surface area contributed by atoms with Gasteiger partial charge in [0.2, 0.25) is 11.1 Å². The van der Waals surface area contributed by atoms with Gasteiger partial charge in [-0.1, -0.05) is 39.8 Å². The first-order valence-electron chi connectivity index (χ1n) is 8.40. The fourth-order valence-corrected chi connectivity index (χ4v) is 3.66. The Balaban J connectivity index is 1.69. The van der Waals surface area contributed by atoms with Crippen molar-refractivity contribution in [2.75, 3.05) is 11.2 Å². The van der Waals surface area contributed by atoms with Gasteiger partial charge in [-0.05, 0) is 50.2 Å². The van der Waals surface area contributed by atoms with E-state index < -0.39 is 5.25 Å². The standard InChI is InChI=1S/C19H18BrN5O2S/c1-11(26)13-7-9-14(10-8-13)22-18(27)12(2)28-19-24-23-17(25(19)21)15-5-3-4-6-16(15)20/h3-10,12H,21H2,1-2H3,(H,22,27)/t12-/m1/s1. The number of carbonyl (C=O) groups is 2. The average molecular weight is 460 g/mol. The number of nitrogens with two attached hydrogens (primary N) is 1. The van der Waals surface area contributed by atoms with Crippen LogP contribution in [0.5, 0.6) is 0 Å². The quantitative estimate of drug-likeness (QED) is 0.330. The van der Waals surface area contributed by atoms with Crippen molar-refractivity contribution in [1.82, 2.24) is 14.9 Å². The molecule has 7 nitrogen and oxygen atoms in total. The maximum atomic E-state index is 12.5. The van der Waals surface area contributed by atoms with Crippen LogP contribution in [0.1, 0.15) is 24.2 Å². The molecule has 0 unspecified atom stereocenters. The van der Waals surface area contributed by atoms with Crippen LogP contribution < -0.4 is 11.2 Å². The Hall–Kier alpha value is -2.65. The maximum absolute atomic E-state index is 12.5. The van der Waals surface area contributed by atoms with Gasteiger partial charge in [-0.2, -0.15) is 0 Å². The molecule has 0 spiro atoms. The highest BCUT2D eigenvalue weighted by atomic mass is 79.9. The van der Waals surface area contributed by atoms with Crippen molar-refractivity contribution in [3.05, 3.63) is 58.6 Å². The minimum absolute atomic E-state index is 0.0232. The third kappa shape index (κ3) is 4.42. The van der Waals surface area contributed by atoms with Crippen molar-refractivity contribution in [3.8, 4) is 11.4 Å². The molecule has 0 aliphatic heterocycles. The fourth-order valence-electron chi connectivity index (χ4n) is 2.43. The molecule has 0 saturated carbocycles. The molecule has 9 heteroatoms. The number of amides is 1. The van der Waals surface area contributed by atoms with Gasteiger partial charge in [0.15, 0.2) is 11.6 Å². The van der Waals surface area contributed by atoms with E-state index in [1.54, 1.807) is 31.2 Å². The molecular weight excluding hydrogens is 442 g/mol. The van der Waals surface area contributed by atoms with Crippen LogP contribution in [0.2, 0.25) is 0 Å². The van der Waals surface area contributed by atoms with Crippen LogP contribution in [-0.4, -0.2) is 31.8 Å². The summed E-state index contributed by atoms with van der Waals surface area (Å²) in [5, 5.41) is 11.0. The number of nitrogen functional groups attached to an aromatic ring is 1. The Morgan fingerprint density at radius 1 is 1.14 bits per heavy atom. The largest absolute Gasteiger partial charge is 0.335 e. The number of halogens is 1. The van der Waals surface area contributed by atoms with E-state index >= 15 is 0 Å². The lowest BCUT2D eigenvalue weighted by Gasteiger charge is -2.12. The number of anilines is 1. The van der Waals surface area contributed by atoms with Gasteiger partial charge in [0, 0.05) is 21.3 Å². The molecule has 3 N–H and O–H groups in total. The van der Waals surface area contributed by atoms with Crippen LogP contribution >= 0.6 is 27.7 Å². The molecule has 3 rings (SSSR count). The number of benzene rings is 2. The van der Waals surface area contributed by atoms with Gasteiger partial charge < -0.3 is 11.2 Å². The second-order valence-electron chi connectivity index (χ2n) is 6.04. The number of ketones is 1. The lowest BCUT2D eigenvalue weighted by molar-refractivity contribution is -0.115. The van der Waals surface area contributed by atoms with E-state index in [1.165, 1.54) is 23.4 Å². The Labute approximate surface area is 174 Å². The van der Waals surface area contributed by atoms with Crippen LogP contribution in [0.25, 0.3) is 11.4 Å². The predicted octanol–water partition coefficient (Wildman–Crippen LogP) is 3.74. The summed E-state index contributed by atoms with van der Waals surface area (Å²) in [5.41, 5.74) is 2.02. The number of hydrogen-bond acceptors (Lipinski definition) is 6. The molecule has 3 aromatic rings. The van der Waals surface area contributed by atoms with Crippen LogP contribution in [0.3, 0.4) is 0 Å². The first kappa shape index (κ1) is 20.1. The number of nitrogens with zero attached hydrogens (tertiary/aromatic N) is 3. The van der Waals surface area contributed by atoms with Crippen LogP contribution in [0.4, 0.5) is 5.69 Å². The Bertz CT molecular complexity index is 1020. The first-order valence-corrected chi connectivity index (χ1v) is 10.1. The van der Waals surface area contributed by atoms with Gasteiger partial charge in [0.25, 0.3) is 0 Å². The van der Waals surface area contributed by atoms with Crippen LogP contribution in [0, 0.1) is 0 Å². The van der Waals surface area contributed by atoms with E-state index in [4.69, 9.17) is 5.84 Å². The molecule has 144 valence electrons. The second-order valence-corrected chi connectivity index (χ2v) is 8.20. The minimum Gasteiger partial charge on any atom is -0.335 e. The summed E-state index contributed by atoms with van der Waals surface area (Å²) >= 11 is 4.68. The smallest absolute Gasteiger partial charge is 0.237 e. The zero-order valence-electron chi connectivity index (χ0n) is 15.2. The highest BCUT2D eigenvalue weighted by Crippen LogP contribution is 2.29. The molecule has 0 aliphatic rings. The number of carbonyl (C=O) groups excluding carboxylic acids is 2. The topological polar surface area (TPSA) is 103 Å². The van der Waals surface area contributed by atoms with E-state index in [0.717, 1.165) is 10.0 Å². The maximum Gasteiger partial charge on any atom is 0.237 e. The highest BCUT2D eigenvalue weighted by Gasteiger charge is 2.20. The molecule has 2 aromatic carbocycles. The number of rotatable bonds is 6. The van der Waals surface area contributed by atoms with Crippen molar-refractivity contribution in [2.24, 2.45) is 0 Å². The molecule has 1 atom stereocenters. The molecule has 0 radical (unpaired) electrons. The second kappa shape index (κ2) is 8.57. The monoisotopic (exact) mass is 459 g/mol. The summed E-state index contributed by atoms with van der Waals surface area (Å²) in [5.74, 6) is 6.41. The Morgan fingerprint density at radius 2 is 1.82 bits per heavy atom. The SMILES string of the molecule is CC(=O)c1ccc(NC(=O)[C@@H](C)Sc2nnc(-c3ccccc3Br)n2N)cc1. The van der Waals surface area contributed by atoms with Crippen LogP contribution in [0.15, 0.2) is 58.2 Å². The first-order chi connectivity index (χ1) is 13.4. The van der Waals surface area contributed by atoms with Gasteiger partial charge in [-0.15, -0.1) is 10.2 Å². The van der Waals surface area contributed by atoms with E-state index in [1.807, 2.05) is 24.3 Å². The van der Waals surface area contributed by atoms with E-state index in [0.29, 0.717) is 22.2 Å². The summed E-state index contributed by atoms with van der Waals surface area (Å²) in [6, 6.07) is 14.3. The zero-order chi connectivity index (χ0) is 20.3. The van der Waals surface area contributed by atoms with Crippen molar-refractivity contribution in [1.29, 1.82) is 0 Å². The highest BCUT2D eigenvalue weighted by molar-refractivity contribution is 9.10. The van der Waals surface area contributed by atoms with Gasteiger partial charge in [0.1, 0.15) is 0 Å². The average Bonchev–Trinajstić information content (AvgIpc) is 3.03. The number of Topliss-reactive ketones (excluding diaryl/α,β-unsaturated/α-hetero) is 1. The molecule has 0 bridgehead atoms. The molecule has 28 heavy (non-hydrogen) atoms. The van der Waals surface area contributed by atoms with Gasteiger partial charge in [-0.3, -0.25) is 9.59 Å². The lowest BCUT2D eigenvalue weighted by atomic mass is 10.1. The molecule has 0 fully saturated rings. The molecule has 1 heterocycles. The van der Waals surface area contributed by atoms with Gasteiger partial charge in [-0.25, -0.2) is 4.68 Å². The van der Waals surface area contributed by atoms with E-state index in [9.17, 15) is 9.59 Å². The molecular formula is C19H18BrN5O2S. The summed E-state index contributed by atoms with van der Waals surface area (Å²) in [7, 11) is 0. The van der Waals surface area contributed by atoms with Crippen LogP contribution in [-0.2, 0) is 4.79 Å². The molecule has 0 saturated heterocycles. The van der Waals surface area contributed by atoms with E-state index in [-0.39, 0.29) is 11.7 Å². The molecule has 1 aromatic heterocycles. The minimum atomic E-state index is -0.453. The van der Waals surface area contributed by atoms with Crippen molar-refractivity contribution >= 4 is 45.1 Å². The summed E-state index contributed by atoms with van der Waals surface area (Å²) in [4.78, 5) is 23.8. The summed E-state index contributed by atoms with van der Waals surface area (Å²) < 4.78 is 2.22. The van der Waals surface area contributed by atoms with E-state index in [2.05, 4.69) is 31.4 Å². The molecule has 1 amide bonds. The lowest BCUT2D eigenvalue weighted by Crippen LogP contribution is -2.23. The summed E-state index contributed by atoms with van der Waals surface area (Å²) in [6.07, 6.45) is 0. The third-order valence-corrected chi connectivity index (χ3v) is 5.74.